The number of carbonyl (C=O) groups is 1. The van der Waals surface area contributed by atoms with Gasteiger partial charge in [0.1, 0.15) is 17.3 Å². The van der Waals surface area contributed by atoms with Crippen LogP contribution in [0.5, 0.6) is 11.5 Å². The Morgan fingerprint density at radius 3 is 2.27 bits per heavy atom. The first-order valence-electron chi connectivity index (χ1n) is 9.49. The van der Waals surface area contributed by atoms with Crippen molar-refractivity contribution in [1.29, 1.82) is 0 Å². The summed E-state index contributed by atoms with van der Waals surface area (Å²) in [5.41, 5.74) is 2.27. The molecule has 0 saturated heterocycles. The van der Waals surface area contributed by atoms with Crippen LogP contribution in [0.25, 0.3) is 0 Å². The summed E-state index contributed by atoms with van der Waals surface area (Å²) in [4.78, 5) is 20.8. The minimum Gasteiger partial charge on any atom is -0.457 e. The van der Waals surface area contributed by atoms with Gasteiger partial charge in [-0.15, -0.1) is 0 Å². The maximum Gasteiger partial charge on any atom is 0.257 e. The van der Waals surface area contributed by atoms with Crippen LogP contribution in [0.3, 0.4) is 0 Å². The fourth-order valence-corrected chi connectivity index (χ4v) is 2.76. The lowest BCUT2D eigenvalue weighted by atomic mass is 10.2. The maximum atomic E-state index is 12.5. The van der Waals surface area contributed by atoms with Crippen LogP contribution in [-0.2, 0) is 6.54 Å². The smallest absolute Gasteiger partial charge is 0.257 e. The van der Waals surface area contributed by atoms with Crippen molar-refractivity contribution in [3.05, 3.63) is 109 Å². The van der Waals surface area contributed by atoms with E-state index in [0.717, 1.165) is 11.3 Å². The molecule has 0 aliphatic carbocycles. The van der Waals surface area contributed by atoms with Crippen LogP contribution >= 0.6 is 0 Å². The van der Waals surface area contributed by atoms with Crippen LogP contribution in [0.1, 0.15) is 15.9 Å². The molecule has 2 heterocycles. The van der Waals surface area contributed by atoms with Gasteiger partial charge in [-0.2, -0.15) is 0 Å². The molecule has 2 N–H and O–H groups in total. The molecule has 0 atom stereocenters. The zero-order chi connectivity index (χ0) is 20.6. The van der Waals surface area contributed by atoms with Gasteiger partial charge in [0.15, 0.2) is 0 Å². The zero-order valence-corrected chi connectivity index (χ0v) is 16.2. The zero-order valence-electron chi connectivity index (χ0n) is 16.2. The number of anilines is 2. The highest BCUT2D eigenvalue weighted by Gasteiger charge is 2.07. The minimum absolute atomic E-state index is 0.222. The number of para-hydroxylation sites is 1. The highest BCUT2D eigenvalue weighted by molar-refractivity contribution is 6.04. The van der Waals surface area contributed by atoms with Crippen molar-refractivity contribution >= 4 is 17.4 Å². The lowest BCUT2D eigenvalue weighted by molar-refractivity contribution is 0.102. The molecule has 2 aromatic heterocycles. The number of hydrogen-bond acceptors (Lipinski definition) is 5. The topological polar surface area (TPSA) is 76.1 Å². The van der Waals surface area contributed by atoms with E-state index in [2.05, 4.69) is 20.6 Å². The molecule has 0 radical (unpaired) electrons. The molecule has 2 aromatic carbocycles. The third-order valence-electron chi connectivity index (χ3n) is 4.34. The second kappa shape index (κ2) is 9.34. The van der Waals surface area contributed by atoms with Crippen molar-refractivity contribution in [3.8, 4) is 11.5 Å². The van der Waals surface area contributed by atoms with Gasteiger partial charge in [-0.05, 0) is 66.2 Å². The Balaban J connectivity index is 1.32. The number of aromatic nitrogens is 2. The summed E-state index contributed by atoms with van der Waals surface area (Å²) in [6.45, 7) is 0.637. The standard InChI is InChI=1S/C24H20N4O2/c29-24(19-6-11-23(27-17-19)26-16-18-12-14-25-15-13-18)28-20-7-9-22(10-8-20)30-21-4-2-1-3-5-21/h1-15,17H,16H2,(H,26,27)(H,28,29). The van der Waals surface area contributed by atoms with Gasteiger partial charge in [-0.25, -0.2) is 4.98 Å². The van der Waals surface area contributed by atoms with E-state index in [9.17, 15) is 4.79 Å². The molecule has 30 heavy (non-hydrogen) atoms. The van der Waals surface area contributed by atoms with Crippen LogP contribution in [0.15, 0.2) is 97.5 Å². The normalized spacial score (nSPS) is 10.3. The Hall–Kier alpha value is -4.19. The Bertz CT molecular complexity index is 1080. The summed E-state index contributed by atoms with van der Waals surface area (Å²) in [6, 6.07) is 24.2. The van der Waals surface area contributed by atoms with Gasteiger partial charge in [0.25, 0.3) is 5.91 Å². The fourth-order valence-electron chi connectivity index (χ4n) is 2.76. The van der Waals surface area contributed by atoms with Gasteiger partial charge < -0.3 is 15.4 Å². The molecule has 148 valence electrons. The van der Waals surface area contributed by atoms with Crippen molar-refractivity contribution in [1.82, 2.24) is 9.97 Å². The number of carbonyl (C=O) groups excluding carboxylic acids is 1. The van der Waals surface area contributed by atoms with E-state index < -0.39 is 0 Å². The number of nitrogens with zero attached hydrogens (tertiary/aromatic N) is 2. The highest BCUT2D eigenvalue weighted by atomic mass is 16.5. The van der Waals surface area contributed by atoms with Crippen molar-refractivity contribution in [2.45, 2.75) is 6.54 Å². The molecule has 0 aliphatic heterocycles. The fraction of sp³-hybridized carbons (Fsp3) is 0.0417. The summed E-state index contributed by atoms with van der Waals surface area (Å²) < 4.78 is 5.76. The Labute approximate surface area is 174 Å². The largest absolute Gasteiger partial charge is 0.457 e. The summed E-state index contributed by atoms with van der Waals surface area (Å²) in [5.74, 6) is 1.94. The third kappa shape index (κ3) is 5.20. The second-order valence-corrected chi connectivity index (χ2v) is 6.53. The van der Waals surface area contributed by atoms with Crippen molar-refractivity contribution in [2.24, 2.45) is 0 Å². The molecule has 0 fully saturated rings. The molecular formula is C24H20N4O2. The molecule has 4 aromatic rings. The quantitative estimate of drug-likeness (QED) is 0.453. The number of benzene rings is 2. The Morgan fingerprint density at radius 1 is 0.833 bits per heavy atom. The third-order valence-corrected chi connectivity index (χ3v) is 4.34. The number of amides is 1. The van der Waals surface area contributed by atoms with Gasteiger partial charge in [-0.1, -0.05) is 18.2 Å². The van der Waals surface area contributed by atoms with Crippen LogP contribution in [0.2, 0.25) is 0 Å². The Kier molecular flexibility index (Phi) is 5.96. The first kappa shape index (κ1) is 19.1. The van der Waals surface area contributed by atoms with Crippen molar-refractivity contribution < 1.29 is 9.53 Å². The molecule has 6 heteroatoms. The lowest BCUT2D eigenvalue weighted by Crippen LogP contribution is -2.12. The molecule has 0 spiro atoms. The van der Waals surface area contributed by atoms with E-state index >= 15 is 0 Å². The van der Waals surface area contributed by atoms with E-state index in [4.69, 9.17) is 4.74 Å². The summed E-state index contributed by atoms with van der Waals surface area (Å²) in [7, 11) is 0. The number of ether oxygens (including phenoxy) is 1. The van der Waals surface area contributed by atoms with E-state index in [0.29, 0.717) is 29.4 Å². The van der Waals surface area contributed by atoms with Crippen LogP contribution in [0, 0.1) is 0 Å². The molecule has 0 unspecified atom stereocenters. The molecule has 0 aliphatic rings. The van der Waals surface area contributed by atoms with E-state index in [1.807, 2.05) is 54.6 Å². The first-order valence-corrected chi connectivity index (χ1v) is 9.49. The van der Waals surface area contributed by atoms with Gasteiger partial charge in [0, 0.05) is 30.8 Å². The van der Waals surface area contributed by atoms with E-state index in [-0.39, 0.29) is 5.91 Å². The highest BCUT2D eigenvalue weighted by Crippen LogP contribution is 2.23. The monoisotopic (exact) mass is 396 g/mol. The number of hydrogen-bond donors (Lipinski definition) is 2. The molecule has 0 bridgehead atoms. The van der Waals surface area contributed by atoms with Crippen LogP contribution in [-0.4, -0.2) is 15.9 Å². The first-order chi connectivity index (χ1) is 14.8. The minimum atomic E-state index is -0.222. The number of rotatable bonds is 7. The van der Waals surface area contributed by atoms with E-state index in [1.54, 1.807) is 42.9 Å². The second-order valence-electron chi connectivity index (χ2n) is 6.53. The molecule has 1 amide bonds. The predicted molar refractivity (Wildman–Crippen MR) is 117 cm³/mol. The number of pyridine rings is 2. The van der Waals surface area contributed by atoms with Gasteiger partial charge in [0.05, 0.1) is 5.56 Å². The molecular weight excluding hydrogens is 376 g/mol. The summed E-state index contributed by atoms with van der Waals surface area (Å²) >= 11 is 0. The maximum absolute atomic E-state index is 12.5. The van der Waals surface area contributed by atoms with Gasteiger partial charge in [0.2, 0.25) is 0 Å². The van der Waals surface area contributed by atoms with Gasteiger partial charge >= 0.3 is 0 Å². The number of nitrogens with one attached hydrogen (secondary N) is 2. The molecule has 0 saturated carbocycles. The lowest BCUT2D eigenvalue weighted by Gasteiger charge is -2.09. The average molecular weight is 396 g/mol. The molecule has 6 nitrogen and oxygen atoms in total. The predicted octanol–water partition coefficient (Wildman–Crippen LogP) is 5.13. The average Bonchev–Trinajstić information content (AvgIpc) is 2.81. The van der Waals surface area contributed by atoms with Gasteiger partial charge in [-0.3, -0.25) is 9.78 Å². The SMILES string of the molecule is O=C(Nc1ccc(Oc2ccccc2)cc1)c1ccc(NCc2ccncc2)nc1. The van der Waals surface area contributed by atoms with Crippen LogP contribution < -0.4 is 15.4 Å². The van der Waals surface area contributed by atoms with Crippen molar-refractivity contribution in [2.75, 3.05) is 10.6 Å². The summed E-state index contributed by atoms with van der Waals surface area (Å²) in [6.07, 6.45) is 5.05. The molecule has 4 rings (SSSR count). The van der Waals surface area contributed by atoms with Crippen LogP contribution in [0.4, 0.5) is 11.5 Å². The Morgan fingerprint density at radius 2 is 1.57 bits per heavy atom. The van der Waals surface area contributed by atoms with Crippen molar-refractivity contribution in [3.63, 3.8) is 0 Å². The summed E-state index contributed by atoms with van der Waals surface area (Å²) in [5, 5.41) is 6.08. The van der Waals surface area contributed by atoms with E-state index in [1.165, 1.54) is 0 Å².